The van der Waals surface area contributed by atoms with E-state index in [1.165, 1.54) is 0 Å². The summed E-state index contributed by atoms with van der Waals surface area (Å²) in [5.41, 5.74) is 2.73. The lowest BCUT2D eigenvalue weighted by atomic mass is 11.1. The Hall–Kier alpha value is 0.230. The van der Waals surface area contributed by atoms with Gasteiger partial charge in [-0.15, -0.1) is 11.8 Å². The number of nitrogens with two attached hydrogens (primary N) is 1. The Morgan fingerprint density at radius 2 is 2.29 bits per heavy atom. The number of hydrogen-bond acceptors (Lipinski definition) is 4. The molecule has 7 heavy (non-hydrogen) atoms. The Labute approximate surface area is 48.0 Å². The molecule has 0 radical (unpaired) electrons. The molecule has 4 N–H and O–H groups in total. The minimum absolute atomic E-state index is 0.181. The van der Waals surface area contributed by atoms with E-state index < -0.39 is 0 Å². The van der Waals surface area contributed by atoms with Gasteiger partial charge in [0.25, 0.3) is 0 Å². The summed E-state index contributed by atoms with van der Waals surface area (Å²) in [5, 5.41) is 2.93. The SMILES string of the molecule is CNC(NN)SC. The normalized spacial score (nSPS) is 14.1. The van der Waals surface area contributed by atoms with Gasteiger partial charge in [0.15, 0.2) is 0 Å². The van der Waals surface area contributed by atoms with Crippen molar-refractivity contribution < 1.29 is 0 Å². The molecule has 0 rings (SSSR count). The molecule has 3 nitrogen and oxygen atoms in total. The van der Waals surface area contributed by atoms with E-state index >= 15 is 0 Å². The van der Waals surface area contributed by atoms with Gasteiger partial charge in [0.1, 0.15) is 5.50 Å². The fourth-order valence-electron chi connectivity index (χ4n) is 0.269. The van der Waals surface area contributed by atoms with Crippen molar-refractivity contribution in [2.45, 2.75) is 5.50 Å². The lowest BCUT2D eigenvalue weighted by molar-refractivity contribution is 0.614. The first-order valence-corrected chi connectivity index (χ1v) is 3.30. The molecular weight excluding hydrogens is 110 g/mol. The smallest absolute Gasteiger partial charge is 0.117 e. The van der Waals surface area contributed by atoms with Crippen LogP contribution in [0.5, 0.6) is 0 Å². The van der Waals surface area contributed by atoms with Crippen molar-refractivity contribution in [2.24, 2.45) is 5.84 Å². The third-order valence-corrected chi connectivity index (χ3v) is 1.49. The molecule has 0 aromatic rings. The van der Waals surface area contributed by atoms with Crippen LogP contribution in [0, 0.1) is 0 Å². The number of nitrogens with one attached hydrogen (secondary N) is 2. The first-order chi connectivity index (χ1) is 3.35. The van der Waals surface area contributed by atoms with E-state index in [1.54, 1.807) is 11.8 Å². The number of hydrazine groups is 1. The molecule has 0 fully saturated rings. The highest BCUT2D eigenvalue weighted by Crippen LogP contribution is 1.93. The van der Waals surface area contributed by atoms with Gasteiger partial charge in [0.05, 0.1) is 0 Å². The number of hydrogen-bond donors (Lipinski definition) is 3. The van der Waals surface area contributed by atoms with E-state index in [-0.39, 0.29) is 5.50 Å². The minimum Gasteiger partial charge on any atom is -0.295 e. The van der Waals surface area contributed by atoms with E-state index in [2.05, 4.69) is 10.7 Å². The highest BCUT2D eigenvalue weighted by molar-refractivity contribution is 7.99. The van der Waals surface area contributed by atoms with Gasteiger partial charge in [-0.3, -0.25) is 11.2 Å². The van der Waals surface area contributed by atoms with E-state index in [9.17, 15) is 0 Å². The summed E-state index contributed by atoms with van der Waals surface area (Å²) in [5.74, 6) is 5.06. The quantitative estimate of drug-likeness (QED) is 0.263. The molecule has 0 aliphatic carbocycles. The van der Waals surface area contributed by atoms with E-state index in [0.29, 0.717) is 0 Å². The third-order valence-electron chi connectivity index (χ3n) is 0.649. The molecule has 0 bridgehead atoms. The second-order valence-corrected chi connectivity index (χ2v) is 2.01. The summed E-state index contributed by atoms with van der Waals surface area (Å²) in [6, 6.07) is 0. The maximum Gasteiger partial charge on any atom is 0.117 e. The second kappa shape index (κ2) is 4.39. The molecule has 0 heterocycles. The average Bonchev–Trinajstić information content (AvgIpc) is 1.72. The van der Waals surface area contributed by atoms with Crippen LogP contribution in [-0.4, -0.2) is 18.8 Å². The van der Waals surface area contributed by atoms with Crippen LogP contribution >= 0.6 is 11.8 Å². The van der Waals surface area contributed by atoms with Gasteiger partial charge in [0, 0.05) is 0 Å². The predicted molar refractivity (Wildman–Crippen MR) is 33.7 cm³/mol. The molecular formula is C3H11N3S. The standard InChI is InChI=1S/C3H11N3S/c1-5-3(6-4)7-2/h3,5-6H,4H2,1-2H3. The van der Waals surface area contributed by atoms with E-state index in [4.69, 9.17) is 5.84 Å². The summed E-state index contributed by atoms with van der Waals surface area (Å²) in [4.78, 5) is 0. The monoisotopic (exact) mass is 121 g/mol. The van der Waals surface area contributed by atoms with Gasteiger partial charge in [-0.2, -0.15) is 0 Å². The number of thioether (sulfide) groups is 1. The molecule has 1 unspecified atom stereocenters. The zero-order valence-electron chi connectivity index (χ0n) is 4.56. The van der Waals surface area contributed by atoms with Crippen LogP contribution in [0.1, 0.15) is 0 Å². The topological polar surface area (TPSA) is 50.1 Å². The van der Waals surface area contributed by atoms with E-state index in [0.717, 1.165) is 0 Å². The second-order valence-electron chi connectivity index (χ2n) is 1.07. The van der Waals surface area contributed by atoms with Crippen molar-refractivity contribution >= 4 is 11.8 Å². The van der Waals surface area contributed by atoms with Crippen LogP contribution in [0.2, 0.25) is 0 Å². The highest BCUT2D eigenvalue weighted by atomic mass is 32.2. The molecule has 0 saturated heterocycles. The van der Waals surface area contributed by atoms with Crippen molar-refractivity contribution in [3.8, 4) is 0 Å². The fourth-order valence-corrected chi connectivity index (χ4v) is 0.641. The lowest BCUT2D eigenvalue weighted by Crippen LogP contribution is -2.41. The van der Waals surface area contributed by atoms with Crippen molar-refractivity contribution in [3.05, 3.63) is 0 Å². The Bertz CT molecular complexity index is 31.7. The van der Waals surface area contributed by atoms with Crippen LogP contribution in [0.4, 0.5) is 0 Å². The molecule has 4 heteroatoms. The first kappa shape index (κ1) is 7.23. The average molecular weight is 121 g/mol. The third kappa shape index (κ3) is 2.87. The van der Waals surface area contributed by atoms with Gasteiger partial charge >= 0.3 is 0 Å². The molecule has 0 aromatic heterocycles. The van der Waals surface area contributed by atoms with Gasteiger partial charge in [-0.05, 0) is 13.3 Å². The van der Waals surface area contributed by atoms with Crippen LogP contribution in [0.15, 0.2) is 0 Å². The molecule has 1 atom stereocenters. The summed E-state index contributed by atoms with van der Waals surface area (Å²) >= 11 is 1.62. The highest BCUT2D eigenvalue weighted by Gasteiger charge is 1.93. The summed E-state index contributed by atoms with van der Waals surface area (Å²) in [6.07, 6.45) is 1.97. The first-order valence-electron chi connectivity index (χ1n) is 2.01. The summed E-state index contributed by atoms with van der Waals surface area (Å²) < 4.78 is 0. The molecule has 0 aliphatic rings. The maximum atomic E-state index is 5.06. The maximum absolute atomic E-state index is 5.06. The van der Waals surface area contributed by atoms with Crippen molar-refractivity contribution in [1.29, 1.82) is 0 Å². The largest absolute Gasteiger partial charge is 0.295 e. The van der Waals surface area contributed by atoms with Gasteiger partial charge in [-0.25, -0.2) is 5.43 Å². The Morgan fingerprint density at radius 3 is 2.29 bits per heavy atom. The van der Waals surface area contributed by atoms with Gasteiger partial charge in [0.2, 0.25) is 0 Å². The Balaban J connectivity index is 2.99. The lowest BCUT2D eigenvalue weighted by Gasteiger charge is -2.09. The van der Waals surface area contributed by atoms with Gasteiger partial charge < -0.3 is 0 Å². The van der Waals surface area contributed by atoms with Crippen molar-refractivity contribution in [1.82, 2.24) is 10.7 Å². The van der Waals surface area contributed by atoms with Crippen molar-refractivity contribution in [2.75, 3.05) is 13.3 Å². The van der Waals surface area contributed by atoms with Crippen LogP contribution in [0.3, 0.4) is 0 Å². The van der Waals surface area contributed by atoms with E-state index in [1.807, 2.05) is 13.3 Å². The zero-order chi connectivity index (χ0) is 5.70. The zero-order valence-corrected chi connectivity index (χ0v) is 5.38. The van der Waals surface area contributed by atoms with Gasteiger partial charge in [-0.1, -0.05) is 0 Å². The summed E-state index contributed by atoms with van der Waals surface area (Å²) in [7, 11) is 1.85. The molecule has 0 amide bonds. The number of rotatable bonds is 3. The predicted octanol–water partition coefficient (Wildman–Crippen LogP) is -0.684. The summed E-state index contributed by atoms with van der Waals surface area (Å²) in [6.45, 7) is 0. The van der Waals surface area contributed by atoms with Crippen LogP contribution in [-0.2, 0) is 0 Å². The Kier molecular flexibility index (Phi) is 4.53. The molecule has 0 spiro atoms. The fraction of sp³-hybridized carbons (Fsp3) is 1.00. The minimum atomic E-state index is 0.181. The molecule has 0 aliphatic heterocycles. The molecule has 0 saturated carbocycles. The Morgan fingerprint density at radius 1 is 1.71 bits per heavy atom. The van der Waals surface area contributed by atoms with Crippen molar-refractivity contribution in [3.63, 3.8) is 0 Å². The molecule has 44 valence electrons. The van der Waals surface area contributed by atoms with Crippen LogP contribution < -0.4 is 16.6 Å². The van der Waals surface area contributed by atoms with Crippen LogP contribution in [0.25, 0.3) is 0 Å². The molecule has 0 aromatic carbocycles.